The van der Waals surface area contributed by atoms with Crippen LogP contribution in [0.15, 0.2) is 24.3 Å². The largest absolute Gasteiger partial charge is 0.494 e. The van der Waals surface area contributed by atoms with E-state index in [0.29, 0.717) is 5.92 Å². The zero-order valence-electron chi connectivity index (χ0n) is 12.2. The maximum absolute atomic E-state index is 5.76. The molecular weight excluding hydrogens is 236 g/mol. The first-order valence-corrected chi connectivity index (χ1v) is 7.34. The predicted octanol–water partition coefficient (Wildman–Crippen LogP) is 2.48. The first-order valence-electron chi connectivity index (χ1n) is 7.34. The van der Waals surface area contributed by atoms with Crippen molar-refractivity contribution in [2.24, 2.45) is 0 Å². The fourth-order valence-corrected chi connectivity index (χ4v) is 2.54. The van der Waals surface area contributed by atoms with E-state index in [1.54, 1.807) is 0 Å². The van der Waals surface area contributed by atoms with Gasteiger partial charge in [-0.2, -0.15) is 0 Å². The zero-order valence-corrected chi connectivity index (χ0v) is 12.2. The van der Waals surface area contributed by atoms with E-state index in [4.69, 9.17) is 4.74 Å². The van der Waals surface area contributed by atoms with Gasteiger partial charge in [0.05, 0.1) is 6.61 Å². The van der Waals surface area contributed by atoms with E-state index < -0.39 is 0 Å². The number of benzene rings is 1. The number of ether oxygens (including phenoxy) is 1. The van der Waals surface area contributed by atoms with Crippen LogP contribution in [0.1, 0.15) is 30.7 Å². The highest BCUT2D eigenvalue weighted by Gasteiger charge is 2.14. The van der Waals surface area contributed by atoms with Gasteiger partial charge in [0.2, 0.25) is 0 Å². The van der Waals surface area contributed by atoms with E-state index in [1.807, 2.05) is 0 Å². The summed E-state index contributed by atoms with van der Waals surface area (Å²) in [6, 6.07) is 8.66. The lowest BCUT2D eigenvalue weighted by molar-refractivity contribution is 0.281. The Labute approximate surface area is 116 Å². The first kappa shape index (κ1) is 14.4. The van der Waals surface area contributed by atoms with Crippen LogP contribution in [0.4, 0.5) is 0 Å². The molecule has 1 saturated heterocycles. The van der Waals surface area contributed by atoms with Crippen molar-refractivity contribution in [3.63, 3.8) is 0 Å². The third kappa shape index (κ3) is 4.84. The summed E-state index contributed by atoms with van der Waals surface area (Å²) in [5, 5.41) is 3.46. The molecule has 0 aliphatic carbocycles. The SMILES string of the molecule is CN(C)CCCOc1ccc(C2CCCNC2)cc1. The Bertz CT molecular complexity index is 356. The smallest absolute Gasteiger partial charge is 0.119 e. The molecule has 1 atom stereocenters. The topological polar surface area (TPSA) is 24.5 Å². The third-order valence-electron chi connectivity index (χ3n) is 3.67. The van der Waals surface area contributed by atoms with E-state index in [-0.39, 0.29) is 0 Å². The molecule has 0 amide bonds. The normalized spacial score (nSPS) is 19.6. The summed E-state index contributed by atoms with van der Waals surface area (Å²) in [7, 11) is 4.18. The van der Waals surface area contributed by atoms with Crippen molar-refractivity contribution in [1.82, 2.24) is 10.2 Å². The molecule has 1 aliphatic heterocycles. The molecule has 1 aromatic carbocycles. The van der Waals surface area contributed by atoms with Crippen LogP contribution in [-0.2, 0) is 0 Å². The lowest BCUT2D eigenvalue weighted by atomic mass is 9.92. The van der Waals surface area contributed by atoms with E-state index in [2.05, 4.69) is 48.6 Å². The molecule has 3 nitrogen and oxygen atoms in total. The molecule has 1 N–H and O–H groups in total. The molecule has 1 heterocycles. The lowest BCUT2D eigenvalue weighted by Crippen LogP contribution is -2.28. The summed E-state index contributed by atoms with van der Waals surface area (Å²) < 4.78 is 5.76. The van der Waals surface area contributed by atoms with Crippen LogP contribution in [0.5, 0.6) is 5.75 Å². The van der Waals surface area contributed by atoms with Crippen LogP contribution in [0, 0.1) is 0 Å². The Hall–Kier alpha value is -1.06. The Morgan fingerprint density at radius 1 is 1.26 bits per heavy atom. The molecular formula is C16H26N2O. The molecule has 0 aromatic heterocycles. The third-order valence-corrected chi connectivity index (χ3v) is 3.67. The minimum Gasteiger partial charge on any atom is -0.494 e. The van der Waals surface area contributed by atoms with Crippen molar-refractivity contribution in [3.05, 3.63) is 29.8 Å². The summed E-state index contributed by atoms with van der Waals surface area (Å²) in [4.78, 5) is 2.18. The van der Waals surface area contributed by atoms with Crippen LogP contribution in [0.25, 0.3) is 0 Å². The van der Waals surface area contributed by atoms with Crippen LogP contribution < -0.4 is 10.1 Å². The quantitative estimate of drug-likeness (QED) is 0.797. The molecule has 0 saturated carbocycles. The van der Waals surface area contributed by atoms with Gasteiger partial charge in [-0.1, -0.05) is 12.1 Å². The minimum absolute atomic E-state index is 0.677. The highest BCUT2D eigenvalue weighted by atomic mass is 16.5. The molecule has 0 radical (unpaired) electrons. The van der Waals surface area contributed by atoms with E-state index in [9.17, 15) is 0 Å². The summed E-state index contributed by atoms with van der Waals surface area (Å²) in [6.07, 6.45) is 3.66. The number of hydrogen-bond donors (Lipinski definition) is 1. The Morgan fingerprint density at radius 2 is 2.05 bits per heavy atom. The van der Waals surface area contributed by atoms with Crippen molar-refractivity contribution >= 4 is 0 Å². The Balaban J connectivity index is 1.77. The van der Waals surface area contributed by atoms with Crippen molar-refractivity contribution in [3.8, 4) is 5.75 Å². The van der Waals surface area contributed by atoms with Gasteiger partial charge in [-0.25, -0.2) is 0 Å². The number of nitrogens with zero attached hydrogens (tertiary/aromatic N) is 1. The molecule has 1 unspecified atom stereocenters. The summed E-state index contributed by atoms with van der Waals surface area (Å²) in [5.74, 6) is 1.67. The first-order chi connectivity index (χ1) is 9.25. The molecule has 0 spiro atoms. The van der Waals surface area contributed by atoms with Crippen LogP contribution in [-0.4, -0.2) is 45.2 Å². The summed E-state index contributed by atoms with van der Waals surface area (Å²) in [6.45, 7) is 4.15. The monoisotopic (exact) mass is 262 g/mol. The van der Waals surface area contributed by atoms with E-state index in [0.717, 1.165) is 31.9 Å². The average Bonchev–Trinajstić information content (AvgIpc) is 2.45. The second-order valence-electron chi connectivity index (χ2n) is 5.62. The zero-order chi connectivity index (χ0) is 13.5. The lowest BCUT2D eigenvalue weighted by Gasteiger charge is -2.23. The summed E-state index contributed by atoms with van der Waals surface area (Å²) in [5.41, 5.74) is 1.44. The maximum atomic E-state index is 5.76. The van der Waals surface area contributed by atoms with Gasteiger partial charge in [-0.15, -0.1) is 0 Å². The molecule has 19 heavy (non-hydrogen) atoms. The Kier molecular flexibility index (Phi) is 5.67. The van der Waals surface area contributed by atoms with Gasteiger partial charge < -0.3 is 15.0 Å². The van der Waals surface area contributed by atoms with Gasteiger partial charge in [0.1, 0.15) is 5.75 Å². The maximum Gasteiger partial charge on any atom is 0.119 e. The number of rotatable bonds is 6. The van der Waals surface area contributed by atoms with Crippen molar-refractivity contribution < 1.29 is 4.74 Å². The van der Waals surface area contributed by atoms with E-state index in [1.165, 1.54) is 24.9 Å². The molecule has 1 fully saturated rings. The van der Waals surface area contributed by atoms with Gasteiger partial charge in [-0.3, -0.25) is 0 Å². The number of nitrogens with one attached hydrogen (secondary N) is 1. The minimum atomic E-state index is 0.677. The van der Waals surface area contributed by atoms with Crippen molar-refractivity contribution in [2.45, 2.75) is 25.2 Å². The van der Waals surface area contributed by atoms with Gasteiger partial charge in [-0.05, 0) is 63.5 Å². The molecule has 3 heteroatoms. The average molecular weight is 262 g/mol. The molecule has 0 bridgehead atoms. The van der Waals surface area contributed by atoms with Gasteiger partial charge >= 0.3 is 0 Å². The second-order valence-corrected chi connectivity index (χ2v) is 5.62. The van der Waals surface area contributed by atoms with Crippen LogP contribution in [0.3, 0.4) is 0 Å². The standard InChI is InChI=1S/C16H26N2O/c1-18(2)11-4-12-19-16-8-6-14(7-9-16)15-5-3-10-17-13-15/h6-9,15,17H,3-5,10-13H2,1-2H3. The van der Waals surface area contributed by atoms with Crippen molar-refractivity contribution in [2.75, 3.05) is 40.3 Å². The molecule has 1 aromatic rings. The Morgan fingerprint density at radius 3 is 2.68 bits per heavy atom. The van der Waals surface area contributed by atoms with Crippen LogP contribution >= 0.6 is 0 Å². The molecule has 106 valence electrons. The highest BCUT2D eigenvalue weighted by Crippen LogP contribution is 2.24. The van der Waals surface area contributed by atoms with Gasteiger partial charge in [0, 0.05) is 13.1 Å². The predicted molar refractivity (Wildman–Crippen MR) is 80.0 cm³/mol. The fraction of sp³-hybridized carbons (Fsp3) is 0.625. The van der Waals surface area contributed by atoms with E-state index >= 15 is 0 Å². The molecule has 1 aliphatic rings. The van der Waals surface area contributed by atoms with Gasteiger partial charge in [0.15, 0.2) is 0 Å². The second kappa shape index (κ2) is 7.51. The fourth-order valence-electron chi connectivity index (χ4n) is 2.54. The highest BCUT2D eigenvalue weighted by molar-refractivity contribution is 5.29. The number of hydrogen-bond acceptors (Lipinski definition) is 3. The number of piperidine rings is 1. The summed E-state index contributed by atoms with van der Waals surface area (Å²) >= 11 is 0. The van der Waals surface area contributed by atoms with Crippen LogP contribution in [0.2, 0.25) is 0 Å². The van der Waals surface area contributed by atoms with Gasteiger partial charge in [0.25, 0.3) is 0 Å². The van der Waals surface area contributed by atoms with Crippen molar-refractivity contribution in [1.29, 1.82) is 0 Å². The molecule has 2 rings (SSSR count).